The van der Waals surface area contributed by atoms with Crippen LogP contribution < -0.4 is 0 Å². The minimum absolute atomic E-state index is 0.0979. The van der Waals surface area contributed by atoms with Crippen LogP contribution in [-0.4, -0.2) is 29.2 Å². The Labute approximate surface area is 199 Å². The van der Waals surface area contributed by atoms with Crippen LogP contribution in [0.4, 0.5) is 4.79 Å². The SMILES string of the molecule is [2H][C@]1(CC23CC4CC(C)(CC(C)(C4)C2)C3)C(=O)O[C@@H](C(C)(C)C)N1C(=O)OCc1ccccc1. The zero-order valence-electron chi connectivity index (χ0n) is 21.8. The molecule has 0 aromatic heterocycles. The van der Waals surface area contributed by atoms with E-state index in [-0.39, 0.29) is 22.9 Å². The van der Waals surface area contributed by atoms with Gasteiger partial charge in [0.15, 0.2) is 6.23 Å². The van der Waals surface area contributed by atoms with Crippen molar-refractivity contribution < 1.29 is 20.4 Å². The highest BCUT2D eigenvalue weighted by Gasteiger charge is 2.62. The van der Waals surface area contributed by atoms with E-state index in [1.807, 2.05) is 51.1 Å². The molecule has 4 aliphatic carbocycles. The summed E-state index contributed by atoms with van der Waals surface area (Å²) in [6, 6.07) is 7.72. The lowest BCUT2D eigenvalue weighted by atomic mass is 9.39. The Morgan fingerprint density at radius 2 is 1.76 bits per heavy atom. The number of benzene rings is 1. The van der Waals surface area contributed by atoms with Gasteiger partial charge in [0, 0.05) is 5.41 Å². The lowest BCUT2D eigenvalue weighted by Crippen LogP contribution is -2.57. The van der Waals surface area contributed by atoms with Crippen LogP contribution in [-0.2, 0) is 20.9 Å². The maximum atomic E-state index is 13.5. The van der Waals surface area contributed by atoms with Crippen LogP contribution in [0.15, 0.2) is 30.3 Å². The Hall–Kier alpha value is -2.04. The minimum atomic E-state index is -1.77. The van der Waals surface area contributed by atoms with Crippen LogP contribution >= 0.6 is 0 Å². The first kappa shape index (κ1) is 21.5. The summed E-state index contributed by atoms with van der Waals surface area (Å²) < 4.78 is 20.9. The van der Waals surface area contributed by atoms with Crippen LogP contribution in [0.3, 0.4) is 0 Å². The van der Waals surface area contributed by atoms with Crippen molar-refractivity contribution in [2.45, 2.75) is 98.4 Å². The summed E-state index contributed by atoms with van der Waals surface area (Å²) in [5.74, 6) is 0.0271. The van der Waals surface area contributed by atoms with Gasteiger partial charge in [0.2, 0.25) is 0 Å². The quantitative estimate of drug-likeness (QED) is 0.500. The van der Waals surface area contributed by atoms with E-state index >= 15 is 0 Å². The zero-order valence-corrected chi connectivity index (χ0v) is 20.8. The van der Waals surface area contributed by atoms with E-state index in [0.29, 0.717) is 12.3 Å². The third kappa shape index (κ3) is 4.17. The third-order valence-electron chi connectivity index (χ3n) is 8.41. The van der Waals surface area contributed by atoms with E-state index < -0.39 is 29.7 Å². The third-order valence-corrected chi connectivity index (χ3v) is 8.41. The molecule has 180 valence electrons. The molecule has 1 aliphatic heterocycles. The molecule has 5 nitrogen and oxygen atoms in total. The zero-order chi connectivity index (χ0) is 24.6. The number of ether oxygens (including phenoxy) is 2. The molecule has 1 heterocycles. The van der Waals surface area contributed by atoms with E-state index in [1.54, 1.807) is 0 Å². The number of hydrogen-bond donors (Lipinski definition) is 0. The standard InChI is InChI=1S/C28H39NO4/c1-25(2,3)23-29(24(31)32-15-19-9-7-6-8-10-19)21(22(30)33-23)14-28-13-20-11-26(4,17-28)16-27(5,12-20)18-28/h6-10,20-21,23H,11-18H2,1-5H3/t20?,21-,23-,26?,27?,28?/m0/s1/i21D. The molecule has 2 unspecified atom stereocenters. The van der Waals surface area contributed by atoms with Gasteiger partial charge in [-0.25, -0.2) is 9.59 Å². The van der Waals surface area contributed by atoms with Crippen molar-refractivity contribution >= 4 is 12.1 Å². The fourth-order valence-corrected chi connectivity index (χ4v) is 8.41. The number of carbonyl (C=O) groups is 2. The Bertz CT molecular complexity index is 970. The molecule has 5 heteroatoms. The van der Waals surface area contributed by atoms with Crippen molar-refractivity contribution in [2.75, 3.05) is 0 Å². The Morgan fingerprint density at radius 3 is 2.33 bits per heavy atom. The van der Waals surface area contributed by atoms with Gasteiger partial charge in [-0.3, -0.25) is 4.90 Å². The summed E-state index contributed by atoms with van der Waals surface area (Å²) in [5.41, 5.74) is 0.731. The number of rotatable bonds is 4. The van der Waals surface area contributed by atoms with Gasteiger partial charge in [-0.2, -0.15) is 0 Å². The normalized spacial score (nSPS) is 42.3. The van der Waals surface area contributed by atoms with Gasteiger partial charge in [-0.1, -0.05) is 65.0 Å². The van der Waals surface area contributed by atoms with Gasteiger partial charge in [0.25, 0.3) is 0 Å². The number of esters is 1. The highest BCUT2D eigenvalue weighted by molar-refractivity contribution is 5.84. The summed E-state index contributed by atoms with van der Waals surface area (Å²) in [7, 11) is 0. The predicted octanol–water partition coefficient (Wildman–Crippen LogP) is 6.31. The molecule has 0 spiro atoms. The molecule has 6 rings (SSSR count). The molecule has 1 aromatic rings. The van der Waals surface area contributed by atoms with Gasteiger partial charge in [-0.15, -0.1) is 0 Å². The smallest absolute Gasteiger partial charge is 0.413 e. The molecule has 0 radical (unpaired) electrons. The van der Waals surface area contributed by atoms with E-state index in [0.717, 1.165) is 24.8 Å². The monoisotopic (exact) mass is 454 g/mol. The first-order valence-electron chi connectivity index (χ1n) is 13.0. The minimum Gasteiger partial charge on any atom is -0.444 e. The Balaban J connectivity index is 1.45. The number of cyclic esters (lactones) is 1. The number of amides is 1. The molecule has 4 atom stereocenters. The fraction of sp³-hybridized carbons (Fsp3) is 0.714. The first-order chi connectivity index (χ1) is 15.8. The second-order valence-corrected chi connectivity index (χ2v) is 13.3. The van der Waals surface area contributed by atoms with Crippen molar-refractivity contribution in [3.63, 3.8) is 0 Å². The summed E-state index contributed by atoms with van der Waals surface area (Å²) in [5, 5.41) is 0. The molecule has 33 heavy (non-hydrogen) atoms. The summed E-state index contributed by atoms with van der Waals surface area (Å²) >= 11 is 0. The van der Waals surface area contributed by atoms with Crippen molar-refractivity contribution in [1.29, 1.82) is 0 Å². The van der Waals surface area contributed by atoms with Crippen molar-refractivity contribution in [1.82, 2.24) is 4.90 Å². The average molecular weight is 455 g/mol. The lowest BCUT2D eigenvalue weighted by Gasteiger charge is -2.66. The van der Waals surface area contributed by atoms with E-state index in [4.69, 9.17) is 9.47 Å². The maximum absolute atomic E-state index is 13.5. The number of carbonyl (C=O) groups excluding carboxylic acids is 2. The van der Waals surface area contributed by atoms with Gasteiger partial charge in [0.1, 0.15) is 12.6 Å². The van der Waals surface area contributed by atoms with Crippen LogP contribution in [0.5, 0.6) is 0 Å². The fourth-order valence-electron chi connectivity index (χ4n) is 8.41. The predicted molar refractivity (Wildman–Crippen MR) is 126 cm³/mol. The van der Waals surface area contributed by atoms with Gasteiger partial charge < -0.3 is 9.47 Å². The van der Waals surface area contributed by atoms with Crippen LogP contribution in [0.2, 0.25) is 0 Å². The van der Waals surface area contributed by atoms with E-state index in [2.05, 4.69) is 13.8 Å². The largest absolute Gasteiger partial charge is 0.444 e. The first-order valence-corrected chi connectivity index (χ1v) is 12.5. The van der Waals surface area contributed by atoms with Gasteiger partial charge >= 0.3 is 12.1 Å². The molecule has 5 fully saturated rings. The summed E-state index contributed by atoms with van der Waals surface area (Å²) in [6.45, 7) is 10.7. The molecular formula is C28H39NO4. The Kier molecular flexibility index (Phi) is 4.87. The second kappa shape index (κ2) is 7.48. The van der Waals surface area contributed by atoms with Gasteiger partial charge in [0.05, 0.1) is 1.37 Å². The second-order valence-electron chi connectivity index (χ2n) is 13.3. The molecule has 4 bridgehead atoms. The van der Waals surface area contributed by atoms with Gasteiger partial charge in [-0.05, 0) is 72.7 Å². The van der Waals surface area contributed by atoms with Crippen molar-refractivity contribution in [2.24, 2.45) is 27.6 Å². The molecule has 4 saturated carbocycles. The molecule has 5 aliphatic rings. The van der Waals surface area contributed by atoms with E-state index in [9.17, 15) is 11.0 Å². The maximum Gasteiger partial charge on any atom is 0.413 e. The molecular weight excluding hydrogens is 414 g/mol. The topological polar surface area (TPSA) is 55.8 Å². The van der Waals surface area contributed by atoms with Crippen LogP contribution in [0, 0.1) is 27.6 Å². The average Bonchev–Trinajstić information content (AvgIpc) is 2.94. The Morgan fingerprint density at radius 1 is 1.12 bits per heavy atom. The van der Waals surface area contributed by atoms with Crippen molar-refractivity contribution in [3.8, 4) is 0 Å². The van der Waals surface area contributed by atoms with E-state index in [1.165, 1.54) is 24.2 Å². The van der Waals surface area contributed by atoms with Crippen molar-refractivity contribution in [3.05, 3.63) is 35.9 Å². The van der Waals surface area contributed by atoms with Crippen LogP contribution in [0.1, 0.15) is 86.5 Å². The number of nitrogens with zero attached hydrogens (tertiary/aromatic N) is 1. The highest BCUT2D eigenvalue weighted by Crippen LogP contribution is 2.70. The highest BCUT2D eigenvalue weighted by atomic mass is 16.6. The lowest BCUT2D eigenvalue weighted by molar-refractivity contribution is -0.157. The molecule has 1 aromatic carbocycles. The summed E-state index contributed by atoms with van der Waals surface area (Å²) in [6.07, 6.45) is 5.64. The number of hydrogen-bond acceptors (Lipinski definition) is 4. The molecule has 0 N–H and O–H groups in total. The van der Waals surface area contributed by atoms with Crippen LogP contribution in [0.25, 0.3) is 0 Å². The molecule has 1 saturated heterocycles. The summed E-state index contributed by atoms with van der Waals surface area (Å²) in [4.78, 5) is 28.2. The molecule has 1 amide bonds.